The number of carbonyl (C=O) groups excluding carboxylic acids is 1. The lowest BCUT2D eigenvalue weighted by atomic mass is 9.98. The molecule has 0 radical (unpaired) electrons. The van der Waals surface area contributed by atoms with Gasteiger partial charge in [0.05, 0.1) is 11.4 Å². The molecule has 4 aromatic rings. The molecule has 0 fully saturated rings. The van der Waals surface area contributed by atoms with E-state index in [-0.39, 0.29) is 0 Å². The van der Waals surface area contributed by atoms with E-state index in [0.717, 1.165) is 58.0 Å². The highest BCUT2D eigenvalue weighted by atomic mass is 127. The number of fused-ring (bicyclic) bond motifs is 2. The van der Waals surface area contributed by atoms with Crippen LogP contribution in [-0.2, 0) is 17.3 Å². The normalized spacial score (nSPS) is 13.0. The van der Waals surface area contributed by atoms with Crippen molar-refractivity contribution in [1.82, 2.24) is 14.6 Å². The molecular formula is C25H22IN3O. The lowest BCUT2D eigenvalue weighted by Gasteiger charge is -2.13. The van der Waals surface area contributed by atoms with Crippen molar-refractivity contribution in [2.24, 2.45) is 0 Å². The van der Waals surface area contributed by atoms with Gasteiger partial charge >= 0.3 is 0 Å². The van der Waals surface area contributed by atoms with Crippen molar-refractivity contribution in [3.63, 3.8) is 0 Å². The number of hydrogen-bond donors (Lipinski definition) is 0. The Morgan fingerprint density at radius 1 is 1.10 bits per heavy atom. The van der Waals surface area contributed by atoms with Crippen LogP contribution in [0.25, 0.3) is 28.0 Å². The standard InChI is InChI=1S/C25H22IN3O/c1-15-12-18(14-30)8-11-20(15)23-16(2)28-29-24(19-9-6-17(13-26)7-10-19)21-4-3-5-22(21)27-25(23)29/h6-12,14H,3-5,13H2,1-2H3. The molecule has 0 N–H and O–H groups in total. The second kappa shape index (κ2) is 7.61. The van der Waals surface area contributed by atoms with Gasteiger partial charge in [0, 0.05) is 32.4 Å². The van der Waals surface area contributed by atoms with Gasteiger partial charge in [-0.15, -0.1) is 0 Å². The first-order chi connectivity index (χ1) is 14.6. The summed E-state index contributed by atoms with van der Waals surface area (Å²) in [5, 5.41) is 4.95. The Morgan fingerprint density at radius 3 is 2.60 bits per heavy atom. The van der Waals surface area contributed by atoms with Crippen molar-refractivity contribution < 1.29 is 4.79 Å². The molecule has 0 spiro atoms. The number of alkyl halides is 1. The fourth-order valence-corrected chi connectivity index (χ4v) is 5.05. The second-order valence-corrected chi connectivity index (χ2v) is 8.72. The molecule has 0 saturated carbocycles. The highest BCUT2D eigenvalue weighted by Crippen LogP contribution is 2.37. The van der Waals surface area contributed by atoms with E-state index in [9.17, 15) is 4.79 Å². The molecule has 4 nitrogen and oxygen atoms in total. The minimum Gasteiger partial charge on any atom is -0.298 e. The minimum atomic E-state index is 0.690. The zero-order chi connectivity index (χ0) is 20.8. The van der Waals surface area contributed by atoms with Crippen LogP contribution in [0.15, 0.2) is 42.5 Å². The minimum absolute atomic E-state index is 0.690. The number of hydrogen-bond acceptors (Lipinski definition) is 3. The van der Waals surface area contributed by atoms with Gasteiger partial charge in [0.1, 0.15) is 6.29 Å². The second-order valence-electron chi connectivity index (χ2n) is 7.96. The van der Waals surface area contributed by atoms with E-state index in [1.807, 2.05) is 36.6 Å². The summed E-state index contributed by atoms with van der Waals surface area (Å²) in [6, 6.07) is 14.7. The fraction of sp³-hybridized carbons (Fsp3) is 0.240. The van der Waals surface area contributed by atoms with E-state index in [1.165, 1.54) is 28.1 Å². The third-order valence-electron chi connectivity index (χ3n) is 6.00. The van der Waals surface area contributed by atoms with Gasteiger partial charge < -0.3 is 0 Å². The van der Waals surface area contributed by atoms with Gasteiger partial charge in [0.2, 0.25) is 0 Å². The first kappa shape index (κ1) is 19.4. The van der Waals surface area contributed by atoms with Crippen molar-refractivity contribution in [1.29, 1.82) is 0 Å². The van der Waals surface area contributed by atoms with Gasteiger partial charge in [-0.05, 0) is 55.9 Å². The summed E-state index contributed by atoms with van der Waals surface area (Å²) >= 11 is 2.40. The van der Waals surface area contributed by atoms with Crippen molar-refractivity contribution >= 4 is 34.5 Å². The summed E-state index contributed by atoms with van der Waals surface area (Å²) in [5.41, 5.74) is 12.0. The largest absolute Gasteiger partial charge is 0.298 e. The molecule has 0 saturated heterocycles. The van der Waals surface area contributed by atoms with Crippen LogP contribution in [0.1, 0.15) is 44.9 Å². The van der Waals surface area contributed by atoms with Gasteiger partial charge in [-0.1, -0.05) is 59.0 Å². The Labute approximate surface area is 189 Å². The molecule has 0 amide bonds. The molecule has 0 aliphatic heterocycles. The lowest BCUT2D eigenvalue weighted by Crippen LogP contribution is -2.03. The molecule has 1 aliphatic carbocycles. The molecule has 5 rings (SSSR count). The molecule has 2 heterocycles. The van der Waals surface area contributed by atoms with E-state index >= 15 is 0 Å². The highest BCUT2D eigenvalue weighted by Gasteiger charge is 2.25. The molecule has 2 aromatic heterocycles. The average Bonchev–Trinajstić information content (AvgIpc) is 3.35. The number of aromatic nitrogens is 3. The van der Waals surface area contributed by atoms with Gasteiger partial charge in [-0.3, -0.25) is 4.79 Å². The Balaban J connectivity index is 1.80. The maximum absolute atomic E-state index is 11.2. The molecule has 2 aromatic carbocycles. The number of rotatable bonds is 4. The number of carbonyl (C=O) groups is 1. The Bertz CT molecular complexity index is 1290. The molecule has 5 heteroatoms. The molecule has 0 atom stereocenters. The van der Waals surface area contributed by atoms with Crippen LogP contribution >= 0.6 is 22.6 Å². The zero-order valence-electron chi connectivity index (χ0n) is 17.1. The molecule has 1 aliphatic rings. The smallest absolute Gasteiger partial charge is 0.164 e. The van der Waals surface area contributed by atoms with Crippen LogP contribution in [0.5, 0.6) is 0 Å². The van der Waals surface area contributed by atoms with Crippen LogP contribution in [0, 0.1) is 13.8 Å². The summed E-state index contributed by atoms with van der Waals surface area (Å²) in [5.74, 6) is 0. The summed E-state index contributed by atoms with van der Waals surface area (Å²) in [7, 11) is 0. The van der Waals surface area contributed by atoms with Gasteiger partial charge in [0.25, 0.3) is 0 Å². The summed E-state index contributed by atoms with van der Waals surface area (Å²) in [6.07, 6.45) is 4.08. The maximum atomic E-state index is 11.2. The van der Waals surface area contributed by atoms with Crippen molar-refractivity contribution in [3.05, 3.63) is 76.1 Å². The lowest BCUT2D eigenvalue weighted by molar-refractivity contribution is 0.112. The SMILES string of the molecule is Cc1cc(C=O)ccc1-c1c(C)nn2c(-c3ccc(CI)cc3)c3c(nc12)CCC3. The predicted molar refractivity (Wildman–Crippen MR) is 128 cm³/mol. The highest BCUT2D eigenvalue weighted by molar-refractivity contribution is 14.1. The molecule has 0 bridgehead atoms. The zero-order valence-corrected chi connectivity index (χ0v) is 19.2. The number of aryl methyl sites for hydroxylation is 3. The number of aldehydes is 1. The molecule has 0 unspecified atom stereocenters. The quantitative estimate of drug-likeness (QED) is 0.196. The monoisotopic (exact) mass is 507 g/mol. The van der Waals surface area contributed by atoms with Gasteiger partial charge in [0.15, 0.2) is 5.65 Å². The van der Waals surface area contributed by atoms with Crippen LogP contribution in [-0.4, -0.2) is 20.9 Å². The van der Waals surface area contributed by atoms with Gasteiger partial charge in [-0.25, -0.2) is 9.50 Å². The first-order valence-electron chi connectivity index (χ1n) is 10.2. The summed E-state index contributed by atoms with van der Waals surface area (Å²) in [6.45, 7) is 4.09. The van der Waals surface area contributed by atoms with Crippen molar-refractivity contribution in [3.8, 4) is 22.4 Å². The van der Waals surface area contributed by atoms with Crippen molar-refractivity contribution in [2.75, 3.05) is 0 Å². The topological polar surface area (TPSA) is 47.3 Å². The van der Waals surface area contributed by atoms with E-state index in [4.69, 9.17) is 10.1 Å². The van der Waals surface area contributed by atoms with Crippen LogP contribution in [0.3, 0.4) is 0 Å². The third-order valence-corrected chi connectivity index (χ3v) is 6.88. The average molecular weight is 507 g/mol. The predicted octanol–water partition coefficient (Wildman–Crippen LogP) is 5.92. The van der Waals surface area contributed by atoms with Gasteiger partial charge in [-0.2, -0.15) is 5.10 Å². The van der Waals surface area contributed by atoms with E-state index in [0.29, 0.717) is 5.56 Å². The molecule has 30 heavy (non-hydrogen) atoms. The van der Waals surface area contributed by atoms with E-state index in [2.05, 4.69) is 46.9 Å². The van der Waals surface area contributed by atoms with Crippen molar-refractivity contribution in [2.45, 2.75) is 37.5 Å². The third kappa shape index (κ3) is 3.07. The van der Waals surface area contributed by atoms with Crippen LogP contribution in [0.4, 0.5) is 0 Å². The maximum Gasteiger partial charge on any atom is 0.164 e. The fourth-order valence-electron chi connectivity index (χ4n) is 4.54. The summed E-state index contributed by atoms with van der Waals surface area (Å²) < 4.78 is 3.05. The molecule has 150 valence electrons. The number of nitrogens with zero attached hydrogens (tertiary/aromatic N) is 3. The Hall–Kier alpha value is -2.54. The first-order valence-corrected chi connectivity index (χ1v) is 11.8. The Kier molecular flexibility index (Phi) is 4.93. The van der Waals surface area contributed by atoms with Crippen LogP contribution in [0.2, 0.25) is 0 Å². The number of halogens is 1. The Morgan fingerprint density at radius 2 is 1.90 bits per heavy atom. The van der Waals surface area contributed by atoms with E-state index in [1.54, 1.807) is 0 Å². The van der Waals surface area contributed by atoms with E-state index < -0.39 is 0 Å². The molecular weight excluding hydrogens is 485 g/mol. The van der Waals surface area contributed by atoms with Crippen LogP contribution < -0.4 is 0 Å². The number of benzene rings is 2. The summed E-state index contributed by atoms with van der Waals surface area (Å²) in [4.78, 5) is 16.3.